The fourth-order valence-electron chi connectivity index (χ4n) is 1.82. The van der Waals surface area contributed by atoms with E-state index < -0.39 is 6.10 Å². The van der Waals surface area contributed by atoms with Gasteiger partial charge in [-0.25, -0.2) is 0 Å². The summed E-state index contributed by atoms with van der Waals surface area (Å²) in [6.45, 7) is 1.86. The van der Waals surface area contributed by atoms with Crippen molar-refractivity contribution in [3.63, 3.8) is 0 Å². The van der Waals surface area contributed by atoms with E-state index in [4.69, 9.17) is 0 Å². The summed E-state index contributed by atoms with van der Waals surface area (Å²) in [6, 6.07) is 1.93. The van der Waals surface area contributed by atoms with E-state index in [1.807, 2.05) is 16.8 Å². The van der Waals surface area contributed by atoms with E-state index in [-0.39, 0.29) is 12.5 Å². The van der Waals surface area contributed by atoms with Crippen LogP contribution in [0.3, 0.4) is 0 Å². The van der Waals surface area contributed by atoms with E-state index in [1.54, 1.807) is 16.2 Å². The second-order valence-electron chi connectivity index (χ2n) is 3.94. The highest BCUT2D eigenvalue weighted by Crippen LogP contribution is 2.13. The molecular weight excluding hydrogens is 224 g/mol. The summed E-state index contributed by atoms with van der Waals surface area (Å²) in [4.78, 5) is 13.5. The van der Waals surface area contributed by atoms with Crippen LogP contribution in [-0.4, -0.2) is 41.7 Å². The van der Waals surface area contributed by atoms with Gasteiger partial charge in [-0.2, -0.15) is 11.3 Å². The number of thiophene rings is 1. The van der Waals surface area contributed by atoms with Crippen LogP contribution in [0.2, 0.25) is 0 Å². The highest BCUT2D eigenvalue weighted by Gasteiger charge is 2.24. The average Bonchev–Trinajstić information content (AvgIpc) is 2.96. The molecule has 0 aromatic carbocycles. The van der Waals surface area contributed by atoms with Gasteiger partial charge in [0.2, 0.25) is 0 Å². The van der Waals surface area contributed by atoms with E-state index in [0.29, 0.717) is 0 Å². The molecule has 2 N–H and O–H groups in total. The van der Waals surface area contributed by atoms with Crippen LogP contribution < -0.4 is 5.32 Å². The second kappa shape index (κ2) is 5.32. The molecule has 0 saturated carbocycles. The Bertz CT molecular complexity index is 334. The van der Waals surface area contributed by atoms with Crippen molar-refractivity contribution in [2.45, 2.75) is 18.9 Å². The topological polar surface area (TPSA) is 52.6 Å². The molecule has 1 saturated heterocycles. The molecule has 0 spiro atoms. The monoisotopic (exact) mass is 240 g/mol. The summed E-state index contributed by atoms with van der Waals surface area (Å²) in [5.74, 6) is -0.153. The summed E-state index contributed by atoms with van der Waals surface area (Å²) in [5.41, 5.74) is 0.957. The van der Waals surface area contributed by atoms with Crippen LogP contribution in [0.25, 0.3) is 0 Å². The lowest BCUT2D eigenvalue weighted by molar-refractivity contribution is -0.138. The molecule has 0 radical (unpaired) electrons. The number of amides is 1. The van der Waals surface area contributed by atoms with Gasteiger partial charge in [-0.05, 0) is 24.3 Å². The standard InChI is InChI=1S/C11H16N2O2S/c14-10(7-12-9-3-6-16-8-9)11(15)13-4-1-2-5-13/h3,6,8,10,12,14H,1-2,4-5,7H2. The zero-order chi connectivity index (χ0) is 11.4. The minimum absolute atomic E-state index is 0.153. The molecule has 0 bridgehead atoms. The minimum Gasteiger partial charge on any atom is -0.381 e. The number of hydrogen-bond donors (Lipinski definition) is 2. The van der Waals surface area contributed by atoms with Crippen molar-refractivity contribution in [2.24, 2.45) is 0 Å². The number of nitrogens with one attached hydrogen (secondary N) is 1. The fraction of sp³-hybridized carbons (Fsp3) is 0.545. The van der Waals surface area contributed by atoms with Crippen molar-refractivity contribution in [2.75, 3.05) is 25.0 Å². The predicted molar refractivity (Wildman–Crippen MR) is 64.6 cm³/mol. The SMILES string of the molecule is O=C(C(O)CNc1ccsc1)N1CCCC1. The number of aliphatic hydroxyl groups excluding tert-OH is 1. The lowest BCUT2D eigenvalue weighted by atomic mass is 10.3. The Morgan fingerprint density at radius 1 is 1.56 bits per heavy atom. The first-order valence-electron chi connectivity index (χ1n) is 5.50. The van der Waals surface area contributed by atoms with Crippen molar-refractivity contribution in [1.82, 2.24) is 4.90 Å². The first-order valence-corrected chi connectivity index (χ1v) is 6.44. The van der Waals surface area contributed by atoms with Gasteiger partial charge in [0.05, 0.1) is 0 Å². The average molecular weight is 240 g/mol. The van der Waals surface area contributed by atoms with E-state index >= 15 is 0 Å². The number of rotatable bonds is 4. The maximum absolute atomic E-state index is 11.7. The van der Waals surface area contributed by atoms with Gasteiger partial charge >= 0.3 is 0 Å². The quantitative estimate of drug-likeness (QED) is 0.830. The number of hydrogen-bond acceptors (Lipinski definition) is 4. The van der Waals surface area contributed by atoms with Crippen LogP contribution in [-0.2, 0) is 4.79 Å². The fourth-order valence-corrected chi connectivity index (χ4v) is 2.43. The molecule has 4 nitrogen and oxygen atoms in total. The van der Waals surface area contributed by atoms with Gasteiger partial charge in [0.25, 0.3) is 5.91 Å². The van der Waals surface area contributed by atoms with Crippen molar-refractivity contribution in [1.29, 1.82) is 0 Å². The lowest BCUT2D eigenvalue weighted by Crippen LogP contribution is -2.40. The molecule has 1 aromatic rings. The third kappa shape index (κ3) is 2.74. The normalized spacial score (nSPS) is 17.4. The van der Waals surface area contributed by atoms with Crippen LogP contribution in [0.4, 0.5) is 5.69 Å². The van der Waals surface area contributed by atoms with Gasteiger partial charge in [-0.3, -0.25) is 4.79 Å². The highest BCUT2D eigenvalue weighted by molar-refractivity contribution is 7.08. The molecule has 1 atom stereocenters. The van der Waals surface area contributed by atoms with Gasteiger partial charge in [0.1, 0.15) is 6.10 Å². The van der Waals surface area contributed by atoms with Gasteiger partial charge in [0, 0.05) is 30.7 Å². The summed E-state index contributed by atoms with van der Waals surface area (Å²) in [6.07, 6.45) is 1.17. The van der Waals surface area contributed by atoms with Crippen LogP contribution in [0.1, 0.15) is 12.8 Å². The van der Waals surface area contributed by atoms with Gasteiger partial charge < -0.3 is 15.3 Å². The lowest BCUT2D eigenvalue weighted by Gasteiger charge is -2.19. The Balaban J connectivity index is 1.78. The summed E-state index contributed by atoms with van der Waals surface area (Å²) in [7, 11) is 0. The predicted octanol–water partition coefficient (Wildman–Crippen LogP) is 1.14. The molecule has 2 rings (SSSR count). The molecule has 5 heteroatoms. The molecule has 2 heterocycles. The number of carbonyl (C=O) groups excluding carboxylic acids is 1. The molecule has 88 valence electrons. The van der Waals surface area contributed by atoms with E-state index in [1.165, 1.54) is 0 Å². The smallest absolute Gasteiger partial charge is 0.253 e. The molecule has 1 fully saturated rings. The van der Waals surface area contributed by atoms with Crippen molar-refractivity contribution in [3.8, 4) is 0 Å². The van der Waals surface area contributed by atoms with Crippen LogP contribution in [0.15, 0.2) is 16.8 Å². The molecule has 1 aromatic heterocycles. The first kappa shape index (κ1) is 11.4. The van der Waals surface area contributed by atoms with Crippen LogP contribution in [0, 0.1) is 0 Å². The summed E-state index contributed by atoms with van der Waals surface area (Å²) in [5, 5.41) is 16.7. The van der Waals surface area contributed by atoms with Crippen molar-refractivity contribution in [3.05, 3.63) is 16.8 Å². The third-order valence-electron chi connectivity index (χ3n) is 2.72. The van der Waals surface area contributed by atoms with Crippen molar-refractivity contribution < 1.29 is 9.90 Å². The zero-order valence-corrected chi connectivity index (χ0v) is 9.87. The van der Waals surface area contributed by atoms with Crippen LogP contribution >= 0.6 is 11.3 Å². The van der Waals surface area contributed by atoms with E-state index in [2.05, 4.69) is 5.32 Å². The summed E-state index contributed by atoms with van der Waals surface area (Å²) < 4.78 is 0. The van der Waals surface area contributed by atoms with Gasteiger partial charge in [-0.15, -0.1) is 0 Å². The highest BCUT2D eigenvalue weighted by atomic mass is 32.1. The largest absolute Gasteiger partial charge is 0.381 e. The molecule has 1 aliphatic rings. The first-order chi connectivity index (χ1) is 7.77. The van der Waals surface area contributed by atoms with Crippen LogP contribution in [0.5, 0.6) is 0 Å². The third-order valence-corrected chi connectivity index (χ3v) is 3.41. The summed E-state index contributed by atoms with van der Waals surface area (Å²) >= 11 is 1.59. The molecule has 1 aliphatic heterocycles. The Kier molecular flexibility index (Phi) is 3.79. The number of anilines is 1. The van der Waals surface area contributed by atoms with Crippen molar-refractivity contribution >= 4 is 22.9 Å². The Hall–Kier alpha value is -1.07. The van der Waals surface area contributed by atoms with E-state index in [0.717, 1.165) is 31.6 Å². The zero-order valence-electron chi connectivity index (χ0n) is 9.06. The maximum atomic E-state index is 11.7. The maximum Gasteiger partial charge on any atom is 0.253 e. The Morgan fingerprint density at radius 3 is 2.94 bits per heavy atom. The molecule has 0 aliphatic carbocycles. The molecular formula is C11H16N2O2S. The minimum atomic E-state index is -0.932. The number of nitrogens with zero attached hydrogens (tertiary/aromatic N) is 1. The van der Waals surface area contributed by atoms with Gasteiger partial charge in [-0.1, -0.05) is 0 Å². The molecule has 1 amide bonds. The number of carbonyl (C=O) groups is 1. The van der Waals surface area contributed by atoms with Gasteiger partial charge in [0.15, 0.2) is 0 Å². The second-order valence-corrected chi connectivity index (χ2v) is 4.72. The number of likely N-dealkylation sites (tertiary alicyclic amines) is 1. The number of aliphatic hydroxyl groups is 1. The Labute approximate surface area is 98.9 Å². The van der Waals surface area contributed by atoms with E-state index in [9.17, 15) is 9.90 Å². The molecule has 1 unspecified atom stereocenters. The Morgan fingerprint density at radius 2 is 2.31 bits per heavy atom. The molecule has 16 heavy (non-hydrogen) atoms.